The van der Waals surface area contributed by atoms with Crippen molar-refractivity contribution < 1.29 is 0 Å². The summed E-state index contributed by atoms with van der Waals surface area (Å²) in [6.45, 7) is 8.57. The highest BCUT2D eigenvalue weighted by Crippen LogP contribution is 2.22. The van der Waals surface area contributed by atoms with Crippen LogP contribution in [0.5, 0.6) is 0 Å². The van der Waals surface area contributed by atoms with Crippen LogP contribution in [0.1, 0.15) is 45.9 Å². The Balaban J connectivity index is 2.19. The van der Waals surface area contributed by atoms with Crippen LogP contribution in [-0.4, -0.2) is 35.1 Å². The Morgan fingerprint density at radius 1 is 1.05 bits per heavy atom. The zero-order valence-corrected chi connectivity index (χ0v) is 12.5. The van der Waals surface area contributed by atoms with E-state index in [1.807, 2.05) is 13.1 Å². The fourth-order valence-electron chi connectivity index (χ4n) is 2.14. The van der Waals surface area contributed by atoms with E-state index in [0.29, 0.717) is 0 Å². The third-order valence-electron chi connectivity index (χ3n) is 3.28. The molecule has 2 heterocycles. The summed E-state index contributed by atoms with van der Waals surface area (Å²) in [6.07, 6.45) is 3.84. The molecule has 0 saturated carbocycles. The molecule has 2 N–H and O–H groups in total. The Kier molecular flexibility index (Phi) is 4.24. The van der Waals surface area contributed by atoms with Gasteiger partial charge in [-0.05, 0) is 12.8 Å². The standard InChI is InChI=1S/C14H25N5/c1-14(2,3)13-16-11(15-4)10-12(17-13)18-19-8-6-5-7-9-19/h10H,5-9H2,1-4H3,(H2,15,16,17,18). The van der Waals surface area contributed by atoms with Crippen LogP contribution in [0.3, 0.4) is 0 Å². The highest BCUT2D eigenvalue weighted by atomic mass is 15.5. The summed E-state index contributed by atoms with van der Waals surface area (Å²) in [7, 11) is 1.89. The maximum atomic E-state index is 4.64. The lowest BCUT2D eigenvalue weighted by Crippen LogP contribution is -2.35. The van der Waals surface area contributed by atoms with Crippen molar-refractivity contribution in [3.05, 3.63) is 11.9 Å². The van der Waals surface area contributed by atoms with Gasteiger partial charge in [-0.1, -0.05) is 27.2 Å². The first-order chi connectivity index (χ1) is 8.99. The van der Waals surface area contributed by atoms with Crippen molar-refractivity contribution in [2.45, 2.75) is 45.4 Å². The highest BCUT2D eigenvalue weighted by molar-refractivity contribution is 5.47. The highest BCUT2D eigenvalue weighted by Gasteiger charge is 2.20. The molecule has 0 bridgehead atoms. The van der Waals surface area contributed by atoms with E-state index in [4.69, 9.17) is 0 Å². The summed E-state index contributed by atoms with van der Waals surface area (Å²) in [5.41, 5.74) is 3.36. The molecule has 1 aromatic heterocycles. The van der Waals surface area contributed by atoms with Gasteiger partial charge in [-0.25, -0.2) is 15.0 Å². The summed E-state index contributed by atoms with van der Waals surface area (Å²) in [5.74, 6) is 2.60. The molecule has 1 saturated heterocycles. The maximum Gasteiger partial charge on any atom is 0.146 e. The minimum atomic E-state index is -0.0504. The van der Waals surface area contributed by atoms with Gasteiger partial charge in [0.15, 0.2) is 0 Å². The lowest BCUT2D eigenvalue weighted by molar-refractivity contribution is 0.272. The number of hydrazine groups is 1. The van der Waals surface area contributed by atoms with E-state index in [1.54, 1.807) is 0 Å². The topological polar surface area (TPSA) is 53.1 Å². The van der Waals surface area contributed by atoms with Crippen LogP contribution in [0.2, 0.25) is 0 Å². The molecule has 1 aromatic rings. The molecule has 5 nitrogen and oxygen atoms in total. The van der Waals surface area contributed by atoms with Crippen LogP contribution in [-0.2, 0) is 5.41 Å². The third-order valence-corrected chi connectivity index (χ3v) is 3.28. The molecule has 5 heteroatoms. The second kappa shape index (κ2) is 5.74. The lowest BCUT2D eigenvalue weighted by atomic mass is 9.96. The third kappa shape index (κ3) is 3.80. The van der Waals surface area contributed by atoms with E-state index in [9.17, 15) is 0 Å². The van der Waals surface area contributed by atoms with Gasteiger partial charge in [-0.15, -0.1) is 0 Å². The maximum absolute atomic E-state index is 4.64. The minimum absolute atomic E-state index is 0.0504. The van der Waals surface area contributed by atoms with E-state index >= 15 is 0 Å². The summed E-state index contributed by atoms with van der Waals surface area (Å²) in [4.78, 5) is 9.18. The van der Waals surface area contributed by atoms with Crippen LogP contribution in [0, 0.1) is 0 Å². The second-order valence-electron chi connectivity index (χ2n) is 6.12. The Morgan fingerprint density at radius 2 is 1.68 bits per heavy atom. The molecule has 106 valence electrons. The predicted octanol–water partition coefficient (Wildman–Crippen LogP) is 2.63. The van der Waals surface area contributed by atoms with Crippen LogP contribution >= 0.6 is 0 Å². The largest absolute Gasteiger partial charge is 0.373 e. The molecule has 0 radical (unpaired) electrons. The van der Waals surface area contributed by atoms with Gasteiger partial charge in [0.1, 0.15) is 17.5 Å². The number of piperidine rings is 1. The zero-order valence-electron chi connectivity index (χ0n) is 12.5. The van der Waals surface area contributed by atoms with Gasteiger partial charge in [0.25, 0.3) is 0 Å². The van der Waals surface area contributed by atoms with Gasteiger partial charge in [0, 0.05) is 31.6 Å². The predicted molar refractivity (Wildman–Crippen MR) is 79.3 cm³/mol. The average molecular weight is 263 g/mol. The van der Waals surface area contributed by atoms with Gasteiger partial charge in [0.05, 0.1) is 0 Å². The van der Waals surface area contributed by atoms with Crippen molar-refractivity contribution in [1.29, 1.82) is 0 Å². The van der Waals surface area contributed by atoms with Gasteiger partial charge in [-0.2, -0.15) is 0 Å². The molecule has 1 fully saturated rings. The normalized spacial score (nSPS) is 17.3. The number of hydrogen-bond acceptors (Lipinski definition) is 5. The van der Waals surface area contributed by atoms with Crippen LogP contribution in [0.4, 0.5) is 11.6 Å². The number of anilines is 2. The molecule has 2 rings (SSSR count). The zero-order chi connectivity index (χ0) is 13.9. The smallest absolute Gasteiger partial charge is 0.146 e. The number of rotatable bonds is 3. The van der Waals surface area contributed by atoms with Crippen LogP contribution in [0.25, 0.3) is 0 Å². The summed E-state index contributed by atoms with van der Waals surface area (Å²) in [5, 5.41) is 5.36. The Labute approximate surface area is 115 Å². The van der Waals surface area contributed by atoms with Crippen molar-refractivity contribution >= 4 is 11.6 Å². The van der Waals surface area contributed by atoms with Crippen LogP contribution in [0.15, 0.2) is 6.07 Å². The molecule has 0 unspecified atom stereocenters. The van der Waals surface area contributed by atoms with E-state index in [1.165, 1.54) is 19.3 Å². The lowest BCUT2D eigenvalue weighted by Gasteiger charge is -2.28. The van der Waals surface area contributed by atoms with E-state index in [-0.39, 0.29) is 5.41 Å². The van der Waals surface area contributed by atoms with Crippen LogP contribution < -0.4 is 10.7 Å². The summed E-state index contributed by atoms with van der Waals surface area (Å²) >= 11 is 0. The first-order valence-corrected chi connectivity index (χ1v) is 7.08. The fourth-order valence-corrected chi connectivity index (χ4v) is 2.14. The van der Waals surface area contributed by atoms with Crippen molar-refractivity contribution in [3.63, 3.8) is 0 Å². The first-order valence-electron chi connectivity index (χ1n) is 7.08. The second-order valence-corrected chi connectivity index (χ2v) is 6.12. The molecule has 19 heavy (non-hydrogen) atoms. The number of aromatic nitrogens is 2. The fraction of sp³-hybridized carbons (Fsp3) is 0.714. The number of nitrogens with zero attached hydrogens (tertiary/aromatic N) is 3. The molecule has 0 aromatic carbocycles. The van der Waals surface area contributed by atoms with Crippen molar-refractivity contribution in [2.24, 2.45) is 0 Å². The van der Waals surface area contributed by atoms with Crippen molar-refractivity contribution in [1.82, 2.24) is 15.0 Å². The van der Waals surface area contributed by atoms with E-state index in [0.717, 1.165) is 30.5 Å². The molecule has 0 aliphatic carbocycles. The van der Waals surface area contributed by atoms with Crippen molar-refractivity contribution in [2.75, 3.05) is 30.9 Å². The molecule has 1 aliphatic rings. The summed E-state index contributed by atoms with van der Waals surface area (Å²) in [6, 6.07) is 1.96. The quantitative estimate of drug-likeness (QED) is 0.878. The van der Waals surface area contributed by atoms with Gasteiger partial charge >= 0.3 is 0 Å². The monoisotopic (exact) mass is 263 g/mol. The van der Waals surface area contributed by atoms with E-state index in [2.05, 4.69) is 46.5 Å². The Morgan fingerprint density at radius 3 is 2.26 bits per heavy atom. The molecular formula is C14H25N5. The Bertz CT molecular complexity index is 418. The van der Waals surface area contributed by atoms with Crippen molar-refractivity contribution in [3.8, 4) is 0 Å². The molecule has 0 amide bonds. The van der Waals surface area contributed by atoms with Gasteiger partial charge in [-0.3, -0.25) is 0 Å². The van der Waals surface area contributed by atoms with Gasteiger partial charge in [0.2, 0.25) is 0 Å². The molecule has 0 atom stereocenters. The van der Waals surface area contributed by atoms with Gasteiger partial charge < -0.3 is 10.7 Å². The SMILES string of the molecule is CNc1cc(NN2CCCCC2)nc(C(C)(C)C)n1. The average Bonchev–Trinajstić information content (AvgIpc) is 2.38. The number of nitrogens with one attached hydrogen (secondary N) is 2. The molecule has 0 spiro atoms. The summed E-state index contributed by atoms with van der Waals surface area (Å²) < 4.78 is 0. The molecule has 1 aliphatic heterocycles. The Hall–Kier alpha value is -1.36. The first kappa shape index (κ1) is 14.1. The molecular weight excluding hydrogens is 238 g/mol. The number of hydrogen-bond donors (Lipinski definition) is 2. The van der Waals surface area contributed by atoms with E-state index < -0.39 is 0 Å². The minimum Gasteiger partial charge on any atom is -0.373 e.